The van der Waals surface area contributed by atoms with Gasteiger partial charge in [0.25, 0.3) is 0 Å². The van der Waals surface area contributed by atoms with Crippen LogP contribution < -0.4 is 0 Å². The number of hydrogen-bond acceptors (Lipinski definition) is 7. The molecule has 0 bridgehead atoms. The maximum absolute atomic E-state index is 10.3. The van der Waals surface area contributed by atoms with E-state index in [0.717, 1.165) is 0 Å². The van der Waals surface area contributed by atoms with E-state index >= 15 is 0 Å². The zero-order valence-electron chi connectivity index (χ0n) is 10.5. The van der Waals surface area contributed by atoms with Crippen LogP contribution in [-0.4, -0.2) is 73.2 Å². The van der Waals surface area contributed by atoms with Crippen molar-refractivity contribution >= 4 is 5.97 Å². The first-order chi connectivity index (χ1) is 9.34. The normalized spacial score (nSPS) is 14.7. The summed E-state index contributed by atoms with van der Waals surface area (Å²) >= 11 is 0. The Bertz CT molecular complexity index is 398. The van der Waals surface area contributed by atoms with Crippen molar-refractivity contribution in [3.8, 4) is 5.75 Å². The van der Waals surface area contributed by atoms with Crippen LogP contribution in [0.2, 0.25) is 0 Å². The third-order valence-corrected chi connectivity index (χ3v) is 2.30. The molecule has 0 fully saturated rings. The smallest absolute Gasteiger partial charge is 0.339 e. The summed E-state index contributed by atoms with van der Waals surface area (Å²) in [5, 5.41) is 59.9. The third-order valence-electron chi connectivity index (χ3n) is 2.30. The van der Waals surface area contributed by atoms with Crippen molar-refractivity contribution in [1.29, 1.82) is 0 Å². The van der Waals surface area contributed by atoms with Gasteiger partial charge in [0.2, 0.25) is 0 Å². The summed E-state index contributed by atoms with van der Waals surface area (Å²) < 4.78 is 0. The van der Waals surface area contributed by atoms with Gasteiger partial charge in [0.1, 0.15) is 29.6 Å². The molecule has 0 aliphatic rings. The number of phenols is 1. The summed E-state index contributed by atoms with van der Waals surface area (Å²) in [5.74, 6) is -1.31. The Labute approximate surface area is 114 Å². The second-order valence-corrected chi connectivity index (χ2v) is 3.81. The average molecular weight is 290 g/mol. The Morgan fingerprint density at radius 1 is 1.00 bits per heavy atom. The highest BCUT2D eigenvalue weighted by Crippen LogP contribution is 2.14. The number of carboxylic acids is 1. The molecule has 0 aliphatic heterocycles. The highest BCUT2D eigenvalue weighted by molar-refractivity contribution is 5.90. The number of rotatable bonds is 5. The molecule has 0 spiro atoms. The molecule has 2 unspecified atom stereocenters. The van der Waals surface area contributed by atoms with E-state index in [4.69, 9.17) is 35.7 Å². The molecule has 8 nitrogen and oxygen atoms in total. The lowest BCUT2D eigenvalue weighted by atomic mass is 10.1. The van der Waals surface area contributed by atoms with Gasteiger partial charge in [-0.2, -0.15) is 0 Å². The number of aliphatic hydroxyl groups excluding tert-OH is 5. The van der Waals surface area contributed by atoms with Gasteiger partial charge in [-0.25, -0.2) is 4.79 Å². The molecule has 2 atom stereocenters. The summed E-state index contributed by atoms with van der Waals surface area (Å²) in [6, 6.07) is 5.81. The van der Waals surface area contributed by atoms with Crippen molar-refractivity contribution in [1.82, 2.24) is 0 Å². The standard InChI is InChI=1S/C7H6O3.C5H12O5/c8-6-4-2-1-3-5(6)7(9)10;6-1-3(8)5(10)4(9)2-7/h1-4,8H,(H,9,10);3-10H,1-2H2. The molecule has 114 valence electrons. The summed E-state index contributed by atoms with van der Waals surface area (Å²) in [4.78, 5) is 10.3. The van der Waals surface area contributed by atoms with E-state index < -0.39 is 37.5 Å². The van der Waals surface area contributed by atoms with Crippen LogP contribution in [0.3, 0.4) is 0 Å². The van der Waals surface area contributed by atoms with E-state index in [9.17, 15) is 4.79 Å². The van der Waals surface area contributed by atoms with E-state index in [1.807, 2.05) is 0 Å². The highest BCUT2D eigenvalue weighted by Gasteiger charge is 2.22. The number of para-hydroxylation sites is 1. The van der Waals surface area contributed by atoms with Gasteiger partial charge < -0.3 is 35.7 Å². The molecule has 0 aromatic heterocycles. The predicted octanol–water partition coefficient (Wildman–Crippen LogP) is -1.86. The van der Waals surface area contributed by atoms with Gasteiger partial charge in [-0.05, 0) is 12.1 Å². The van der Waals surface area contributed by atoms with E-state index in [-0.39, 0.29) is 11.3 Å². The molecule has 0 saturated heterocycles. The number of hydrogen-bond donors (Lipinski definition) is 7. The molecule has 20 heavy (non-hydrogen) atoms. The van der Waals surface area contributed by atoms with Crippen molar-refractivity contribution in [3.05, 3.63) is 29.8 Å². The maximum Gasteiger partial charge on any atom is 0.339 e. The lowest BCUT2D eigenvalue weighted by molar-refractivity contribution is -0.0900. The first kappa shape index (κ1) is 18.3. The molecule has 0 heterocycles. The Kier molecular flexibility index (Phi) is 8.45. The topological polar surface area (TPSA) is 159 Å². The minimum absolute atomic E-state index is 0.0671. The second kappa shape index (κ2) is 9.23. The first-order valence-corrected chi connectivity index (χ1v) is 5.62. The van der Waals surface area contributed by atoms with Crippen LogP contribution in [-0.2, 0) is 0 Å². The van der Waals surface area contributed by atoms with Crippen LogP contribution in [0, 0.1) is 0 Å². The highest BCUT2D eigenvalue weighted by atomic mass is 16.4. The summed E-state index contributed by atoms with van der Waals surface area (Å²) in [6.07, 6.45) is -4.29. The van der Waals surface area contributed by atoms with Gasteiger partial charge in [-0.15, -0.1) is 0 Å². The van der Waals surface area contributed by atoms with Crippen LogP contribution in [0.5, 0.6) is 5.75 Å². The van der Waals surface area contributed by atoms with Gasteiger partial charge in [-0.3, -0.25) is 0 Å². The fraction of sp³-hybridized carbons (Fsp3) is 0.417. The second-order valence-electron chi connectivity index (χ2n) is 3.81. The number of benzene rings is 1. The SMILES string of the molecule is O=C(O)c1ccccc1O.OCC(O)C(O)C(O)CO. The molecule has 8 heteroatoms. The van der Waals surface area contributed by atoms with Crippen LogP contribution >= 0.6 is 0 Å². The minimum Gasteiger partial charge on any atom is -0.507 e. The van der Waals surface area contributed by atoms with Gasteiger partial charge in [0, 0.05) is 0 Å². The number of aromatic carboxylic acids is 1. The fourth-order valence-electron chi connectivity index (χ4n) is 1.13. The van der Waals surface area contributed by atoms with E-state index in [1.54, 1.807) is 12.1 Å². The molecular formula is C12H18O8. The quantitative estimate of drug-likeness (QED) is 0.332. The molecule has 7 N–H and O–H groups in total. The number of carbonyl (C=O) groups is 1. The lowest BCUT2D eigenvalue weighted by Crippen LogP contribution is -2.41. The molecule has 1 aromatic rings. The Balaban J connectivity index is 0.000000361. The zero-order chi connectivity index (χ0) is 15.7. The summed E-state index contributed by atoms with van der Waals surface area (Å²) in [6.45, 7) is -1.28. The Morgan fingerprint density at radius 3 is 1.75 bits per heavy atom. The van der Waals surface area contributed by atoms with Crippen molar-refractivity contribution in [2.45, 2.75) is 18.3 Å². The van der Waals surface area contributed by atoms with E-state index in [2.05, 4.69) is 0 Å². The Morgan fingerprint density at radius 2 is 1.45 bits per heavy atom. The van der Waals surface area contributed by atoms with E-state index in [1.165, 1.54) is 12.1 Å². The van der Waals surface area contributed by atoms with Crippen LogP contribution in [0.1, 0.15) is 10.4 Å². The van der Waals surface area contributed by atoms with Crippen molar-refractivity contribution < 1.29 is 40.5 Å². The number of aliphatic hydroxyl groups is 5. The van der Waals surface area contributed by atoms with Gasteiger partial charge in [0.15, 0.2) is 0 Å². The lowest BCUT2D eigenvalue weighted by Gasteiger charge is -2.19. The van der Waals surface area contributed by atoms with Crippen LogP contribution in [0.25, 0.3) is 0 Å². The predicted molar refractivity (Wildman–Crippen MR) is 67.3 cm³/mol. The molecule has 0 radical (unpaired) electrons. The van der Waals surface area contributed by atoms with Gasteiger partial charge in [0.05, 0.1) is 13.2 Å². The molecular weight excluding hydrogens is 272 g/mol. The zero-order valence-corrected chi connectivity index (χ0v) is 10.5. The van der Waals surface area contributed by atoms with Crippen LogP contribution in [0.15, 0.2) is 24.3 Å². The first-order valence-electron chi connectivity index (χ1n) is 5.62. The van der Waals surface area contributed by atoms with Crippen molar-refractivity contribution in [2.24, 2.45) is 0 Å². The van der Waals surface area contributed by atoms with Crippen LogP contribution in [0.4, 0.5) is 0 Å². The molecule has 1 rings (SSSR count). The summed E-state index contributed by atoms with van der Waals surface area (Å²) in [7, 11) is 0. The minimum atomic E-state index is -1.49. The summed E-state index contributed by atoms with van der Waals surface area (Å²) in [5.41, 5.74) is -0.0671. The number of carboxylic acid groups (broad SMARTS) is 1. The Hall–Kier alpha value is -1.71. The van der Waals surface area contributed by atoms with Gasteiger partial charge >= 0.3 is 5.97 Å². The molecule has 0 aliphatic carbocycles. The molecule has 0 saturated carbocycles. The van der Waals surface area contributed by atoms with Gasteiger partial charge in [-0.1, -0.05) is 12.1 Å². The monoisotopic (exact) mass is 290 g/mol. The van der Waals surface area contributed by atoms with Crippen molar-refractivity contribution in [2.75, 3.05) is 13.2 Å². The van der Waals surface area contributed by atoms with E-state index in [0.29, 0.717) is 0 Å². The average Bonchev–Trinajstić information content (AvgIpc) is 2.45. The maximum atomic E-state index is 10.3. The fourth-order valence-corrected chi connectivity index (χ4v) is 1.13. The largest absolute Gasteiger partial charge is 0.507 e. The molecule has 1 aromatic carbocycles. The van der Waals surface area contributed by atoms with Crippen molar-refractivity contribution in [3.63, 3.8) is 0 Å². The number of aromatic hydroxyl groups is 1. The molecule has 0 amide bonds. The third kappa shape index (κ3) is 5.95.